The molecular weight excluding hydrogens is 594 g/mol. The Bertz CT molecular complexity index is 2200. The quantitative estimate of drug-likeness (QED) is 0.194. The van der Waals surface area contributed by atoms with E-state index in [4.69, 9.17) is 32.0 Å². The maximum absolute atomic E-state index is 16.9. The Morgan fingerprint density at radius 2 is 1.55 bits per heavy atom. The second kappa shape index (κ2) is 8.30. The Morgan fingerprint density at radius 3 is 2.17 bits per heavy atom. The van der Waals surface area contributed by atoms with Crippen molar-refractivity contribution < 1.29 is 17.5 Å². The summed E-state index contributed by atoms with van der Waals surface area (Å²) >= 11 is 16.3. The van der Waals surface area contributed by atoms with Crippen LogP contribution in [0.5, 0.6) is 0 Å². The van der Waals surface area contributed by atoms with E-state index in [1.807, 2.05) is 38.1 Å². The molecule has 0 bridgehead atoms. The molecule has 0 amide bonds. The van der Waals surface area contributed by atoms with Crippen molar-refractivity contribution in [3.05, 3.63) is 102 Å². The monoisotopic (exact) mass is 609 g/mol. The van der Waals surface area contributed by atoms with Gasteiger partial charge in [-0.25, -0.2) is 0 Å². The van der Waals surface area contributed by atoms with Crippen LogP contribution in [0, 0.1) is 13.8 Å². The van der Waals surface area contributed by atoms with E-state index < -0.39 is 6.97 Å². The predicted molar refractivity (Wildman–Crippen MR) is 158 cm³/mol. The molecule has 0 radical (unpaired) electrons. The molecule has 8 rings (SSSR count). The first kappa shape index (κ1) is 24.4. The van der Waals surface area contributed by atoms with Gasteiger partial charge in [-0.3, -0.25) is 4.98 Å². The van der Waals surface area contributed by atoms with E-state index in [-0.39, 0.29) is 32.3 Å². The van der Waals surface area contributed by atoms with Crippen molar-refractivity contribution in [1.29, 1.82) is 0 Å². The molecule has 0 atom stereocenters. The number of halogens is 4. The van der Waals surface area contributed by atoms with Gasteiger partial charge in [-0.2, -0.15) is 0 Å². The summed E-state index contributed by atoms with van der Waals surface area (Å²) in [5, 5.41) is 0.780. The molecule has 6 aromatic rings. The highest BCUT2D eigenvalue weighted by atomic mass is 35.5. The average Bonchev–Trinajstić information content (AvgIpc) is 3.69. The largest absolute Gasteiger partial charge is 0.738 e. The molecule has 0 saturated heterocycles. The number of hydrogen-bond donors (Lipinski definition) is 0. The van der Waals surface area contributed by atoms with Gasteiger partial charge in [0.2, 0.25) is 5.36 Å². The van der Waals surface area contributed by atoms with Crippen LogP contribution in [0.4, 0.5) is 8.63 Å². The Labute approximate surface area is 243 Å². The predicted octanol–water partition coefficient (Wildman–Crippen LogP) is 7.58. The minimum absolute atomic E-state index is 0.249. The standard InChI is InChI=1S/C28H16BCl2F2N3O2S2/c1-13-3-5-25(39-13)23-7-17-21(37-23)9-19-28(27-15(30)11-34-12-16(27)31)20-10-22-18(36(20)29(32,33)35(17)19)8-24(38-22)26-6-4-14(2)40-26/h3-12H,1-2H3. The number of thiophene rings is 2. The molecule has 0 saturated carbocycles. The molecular formula is C28H16BCl2F2N3O2S2. The fourth-order valence-electron chi connectivity index (χ4n) is 5.61. The normalized spacial score (nSPS) is 15.5. The summed E-state index contributed by atoms with van der Waals surface area (Å²) in [5.74, 6) is 1.07. The zero-order valence-electron chi connectivity index (χ0n) is 20.8. The van der Waals surface area contributed by atoms with Crippen LogP contribution in [0.2, 0.25) is 10.0 Å². The molecule has 5 nitrogen and oxygen atoms in total. The molecule has 198 valence electrons. The third kappa shape index (κ3) is 3.30. The maximum Gasteiger partial charge on any atom is 0.738 e. The number of aryl methyl sites for hydroxylation is 2. The fourth-order valence-corrected chi connectivity index (χ4v) is 7.80. The first-order valence-electron chi connectivity index (χ1n) is 12.3. The first-order valence-corrected chi connectivity index (χ1v) is 14.7. The minimum Gasteiger partial charge on any atom is -0.454 e. The molecule has 40 heavy (non-hydrogen) atoms. The summed E-state index contributed by atoms with van der Waals surface area (Å²) in [6, 6.07) is 12.8. The molecule has 6 aromatic heterocycles. The Kier molecular flexibility index (Phi) is 5.05. The summed E-state index contributed by atoms with van der Waals surface area (Å²) in [6.07, 6.45) is 4.54. The van der Waals surface area contributed by atoms with Crippen LogP contribution in [-0.4, -0.2) is 16.4 Å². The highest BCUT2D eigenvalue weighted by Crippen LogP contribution is 2.46. The Balaban J connectivity index is 1.46. The van der Waals surface area contributed by atoms with Crippen LogP contribution < -0.4 is 15.3 Å². The van der Waals surface area contributed by atoms with Crippen LogP contribution in [0.15, 0.2) is 69.4 Å². The number of pyridine rings is 1. The molecule has 12 heteroatoms. The van der Waals surface area contributed by atoms with E-state index in [2.05, 4.69) is 4.98 Å². The topological polar surface area (TPSA) is 47.1 Å². The van der Waals surface area contributed by atoms with Crippen molar-refractivity contribution in [3.63, 3.8) is 0 Å². The lowest BCUT2D eigenvalue weighted by Crippen LogP contribution is -2.56. The van der Waals surface area contributed by atoms with Crippen molar-refractivity contribution in [2.45, 2.75) is 13.8 Å². The third-order valence-corrected chi connectivity index (χ3v) is 9.86. The molecule has 0 aliphatic carbocycles. The van der Waals surface area contributed by atoms with Crippen molar-refractivity contribution in [3.8, 4) is 21.3 Å². The zero-order chi connectivity index (χ0) is 27.5. The molecule has 2 aliphatic heterocycles. The summed E-state index contributed by atoms with van der Waals surface area (Å²) in [5.41, 5.74) is 2.35. The zero-order valence-corrected chi connectivity index (χ0v) is 24.0. The number of rotatable bonds is 3. The molecule has 0 N–H and O–H groups in total. The molecule has 0 aromatic carbocycles. The van der Waals surface area contributed by atoms with Crippen molar-refractivity contribution in [2.75, 3.05) is 0 Å². The SMILES string of the molecule is Cc1ccc(-c2cc3c(o2)=CC2=C(c4c(Cl)cncc4Cl)c4cc5oc(-c6ccc(C)s6)cc5n4[B-](F)(F)[N+]=32)s1. The van der Waals surface area contributed by atoms with E-state index in [9.17, 15) is 0 Å². The van der Waals surface area contributed by atoms with Gasteiger partial charge in [0, 0.05) is 45.5 Å². The van der Waals surface area contributed by atoms with Crippen LogP contribution >= 0.6 is 45.9 Å². The van der Waals surface area contributed by atoms with Gasteiger partial charge in [-0.1, -0.05) is 23.2 Å². The van der Waals surface area contributed by atoms with Gasteiger partial charge in [0.05, 0.1) is 43.0 Å². The van der Waals surface area contributed by atoms with E-state index in [0.717, 1.165) is 28.5 Å². The summed E-state index contributed by atoms with van der Waals surface area (Å²) in [4.78, 5) is 8.01. The van der Waals surface area contributed by atoms with E-state index >= 15 is 8.63 Å². The van der Waals surface area contributed by atoms with Crippen LogP contribution in [0.3, 0.4) is 0 Å². The smallest absolute Gasteiger partial charge is 0.454 e. The molecule has 0 unspecified atom stereocenters. The summed E-state index contributed by atoms with van der Waals surface area (Å²) in [7, 11) is 0. The lowest BCUT2D eigenvalue weighted by Gasteiger charge is -2.31. The summed E-state index contributed by atoms with van der Waals surface area (Å²) < 4.78 is 48.1. The highest BCUT2D eigenvalue weighted by molar-refractivity contribution is 7.15. The second-order valence-electron chi connectivity index (χ2n) is 9.78. The maximum atomic E-state index is 16.9. The van der Waals surface area contributed by atoms with Gasteiger partial charge in [0.25, 0.3) is 0 Å². The van der Waals surface area contributed by atoms with Gasteiger partial charge in [-0.05, 0) is 38.1 Å². The van der Waals surface area contributed by atoms with E-state index in [1.54, 1.807) is 46.9 Å². The average molecular weight is 610 g/mol. The van der Waals surface area contributed by atoms with Crippen molar-refractivity contribution in [1.82, 2.24) is 13.9 Å². The lowest BCUT2D eigenvalue weighted by molar-refractivity contribution is 0.513. The fraction of sp³-hybridized carbons (Fsp3) is 0.0714. The van der Waals surface area contributed by atoms with E-state index in [1.165, 1.54) is 12.4 Å². The first-order chi connectivity index (χ1) is 19.2. The van der Waals surface area contributed by atoms with Gasteiger partial charge >= 0.3 is 6.97 Å². The lowest BCUT2D eigenvalue weighted by atomic mass is 9.86. The second-order valence-corrected chi connectivity index (χ2v) is 13.2. The molecule has 8 heterocycles. The Hall–Kier alpha value is -3.44. The third-order valence-electron chi connectivity index (χ3n) is 7.26. The van der Waals surface area contributed by atoms with Gasteiger partial charge in [0.15, 0.2) is 16.9 Å². The van der Waals surface area contributed by atoms with Gasteiger partial charge < -0.3 is 26.4 Å². The van der Waals surface area contributed by atoms with Crippen molar-refractivity contribution in [2.24, 2.45) is 0 Å². The number of nitrogens with zero attached hydrogens (tertiary/aromatic N) is 3. The minimum atomic E-state index is -4.38. The molecule has 0 spiro atoms. The number of fused-ring (bicyclic) bond motifs is 5. The highest BCUT2D eigenvalue weighted by Gasteiger charge is 2.55. The molecule has 0 fully saturated rings. The summed E-state index contributed by atoms with van der Waals surface area (Å²) in [6.45, 7) is -0.397. The van der Waals surface area contributed by atoms with Crippen LogP contribution in [-0.2, 0) is 0 Å². The number of hydrogen-bond acceptors (Lipinski definition) is 5. The number of aromatic nitrogens is 2. The number of allylic oxidation sites excluding steroid dienone is 1. The Morgan fingerprint density at radius 1 is 0.900 bits per heavy atom. The van der Waals surface area contributed by atoms with Gasteiger partial charge in [0.1, 0.15) is 11.3 Å². The van der Waals surface area contributed by atoms with Crippen LogP contribution in [0.1, 0.15) is 21.0 Å². The molecule has 2 aliphatic rings. The van der Waals surface area contributed by atoms with Gasteiger partial charge in [-0.15, -0.1) is 22.7 Å². The number of furan rings is 2. The van der Waals surface area contributed by atoms with Crippen LogP contribution in [0.25, 0.3) is 44.0 Å². The van der Waals surface area contributed by atoms with E-state index in [0.29, 0.717) is 33.7 Å². The van der Waals surface area contributed by atoms with Crippen molar-refractivity contribution >= 4 is 75.6 Å².